The van der Waals surface area contributed by atoms with E-state index in [1.807, 2.05) is 30.3 Å². The van der Waals surface area contributed by atoms with E-state index < -0.39 is 11.6 Å². The smallest absolute Gasteiger partial charge is 0.130 e. The van der Waals surface area contributed by atoms with Crippen LogP contribution in [0.5, 0.6) is 0 Å². The summed E-state index contributed by atoms with van der Waals surface area (Å²) in [6.07, 6.45) is 0. The summed E-state index contributed by atoms with van der Waals surface area (Å²) >= 11 is 0. The first-order valence-electron chi connectivity index (χ1n) is 6.81. The van der Waals surface area contributed by atoms with Crippen LogP contribution in [-0.2, 0) is 6.54 Å². The van der Waals surface area contributed by atoms with E-state index in [1.165, 1.54) is 18.2 Å². The van der Waals surface area contributed by atoms with Gasteiger partial charge in [-0.2, -0.15) is 0 Å². The third kappa shape index (κ3) is 3.42. The molecule has 0 aliphatic rings. The molecule has 0 saturated carbocycles. The van der Waals surface area contributed by atoms with E-state index in [9.17, 15) is 8.78 Å². The number of nitrogens with one attached hydrogen (secondary N) is 1. The fourth-order valence-corrected chi connectivity index (χ4v) is 2.31. The van der Waals surface area contributed by atoms with Gasteiger partial charge in [0.2, 0.25) is 0 Å². The molecule has 106 valence electrons. The van der Waals surface area contributed by atoms with Crippen molar-refractivity contribution in [3.05, 3.63) is 71.3 Å². The quantitative estimate of drug-likeness (QED) is 0.850. The van der Waals surface area contributed by atoms with Gasteiger partial charge in [-0.05, 0) is 23.6 Å². The van der Waals surface area contributed by atoms with Gasteiger partial charge < -0.3 is 5.32 Å². The van der Waals surface area contributed by atoms with Gasteiger partial charge in [-0.25, -0.2) is 8.78 Å². The van der Waals surface area contributed by atoms with E-state index in [-0.39, 0.29) is 18.2 Å². The summed E-state index contributed by atoms with van der Waals surface area (Å²) in [7, 11) is 0. The molecule has 3 heteroatoms. The summed E-state index contributed by atoms with van der Waals surface area (Å²) in [6.45, 7) is 4.35. The van der Waals surface area contributed by atoms with Gasteiger partial charge in [-0.15, -0.1) is 0 Å². The van der Waals surface area contributed by atoms with Crippen LogP contribution in [-0.4, -0.2) is 0 Å². The van der Waals surface area contributed by atoms with Crippen molar-refractivity contribution in [1.29, 1.82) is 0 Å². The van der Waals surface area contributed by atoms with Crippen LogP contribution < -0.4 is 5.32 Å². The lowest BCUT2D eigenvalue weighted by Crippen LogP contribution is -2.26. The number of hydrogen-bond donors (Lipinski definition) is 1. The maximum Gasteiger partial charge on any atom is 0.130 e. The highest BCUT2D eigenvalue weighted by atomic mass is 19.1. The molecule has 0 radical (unpaired) electrons. The fraction of sp³-hybridized carbons (Fsp3) is 0.294. The Morgan fingerprint density at radius 1 is 0.900 bits per heavy atom. The van der Waals surface area contributed by atoms with Crippen LogP contribution in [0.2, 0.25) is 0 Å². The molecule has 0 saturated heterocycles. The minimum Gasteiger partial charge on any atom is -0.305 e. The zero-order valence-electron chi connectivity index (χ0n) is 11.7. The van der Waals surface area contributed by atoms with Gasteiger partial charge >= 0.3 is 0 Å². The molecule has 2 aromatic carbocycles. The van der Waals surface area contributed by atoms with Crippen molar-refractivity contribution >= 4 is 0 Å². The Morgan fingerprint density at radius 2 is 1.50 bits per heavy atom. The SMILES string of the molecule is CC(C)C(NCc1c(F)cccc1F)c1ccccc1. The summed E-state index contributed by atoms with van der Waals surface area (Å²) in [5.41, 5.74) is 1.22. The topological polar surface area (TPSA) is 12.0 Å². The second-order valence-electron chi connectivity index (χ2n) is 5.21. The van der Waals surface area contributed by atoms with E-state index in [4.69, 9.17) is 0 Å². The van der Waals surface area contributed by atoms with Crippen molar-refractivity contribution in [2.45, 2.75) is 26.4 Å². The Labute approximate surface area is 118 Å². The molecule has 1 unspecified atom stereocenters. The summed E-state index contributed by atoms with van der Waals surface area (Å²) in [5, 5.41) is 3.25. The maximum atomic E-state index is 13.6. The average molecular weight is 275 g/mol. The lowest BCUT2D eigenvalue weighted by Gasteiger charge is -2.23. The lowest BCUT2D eigenvalue weighted by atomic mass is 9.96. The number of halogens is 2. The zero-order chi connectivity index (χ0) is 14.5. The number of rotatable bonds is 5. The summed E-state index contributed by atoms with van der Waals surface area (Å²) < 4.78 is 27.2. The first kappa shape index (κ1) is 14.7. The molecule has 0 spiro atoms. The monoisotopic (exact) mass is 275 g/mol. The molecular formula is C17H19F2N. The fourth-order valence-electron chi connectivity index (χ4n) is 2.31. The van der Waals surface area contributed by atoms with E-state index in [1.54, 1.807) is 0 Å². The lowest BCUT2D eigenvalue weighted by molar-refractivity contribution is 0.401. The molecule has 1 N–H and O–H groups in total. The van der Waals surface area contributed by atoms with Crippen LogP contribution in [0.15, 0.2) is 48.5 Å². The summed E-state index contributed by atoms with van der Waals surface area (Å²) in [6, 6.07) is 14.0. The summed E-state index contributed by atoms with van der Waals surface area (Å²) in [4.78, 5) is 0. The van der Waals surface area contributed by atoms with Crippen molar-refractivity contribution in [3.8, 4) is 0 Å². The number of benzene rings is 2. The van der Waals surface area contributed by atoms with E-state index in [0.717, 1.165) is 5.56 Å². The van der Waals surface area contributed by atoms with Crippen molar-refractivity contribution in [2.24, 2.45) is 5.92 Å². The molecule has 20 heavy (non-hydrogen) atoms. The molecule has 0 amide bonds. The van der Waals surface area contributed by atoms with Gasteiger partial charge in [0.15, 0.2) is 0 Å². The van der Waals surface area contributed by atoms with Gasteiger partial charge in [0.25, 0.3) is 0 Å². The third-order valence-electron chi connectivity index (χ3n) is 3.39. The molecule has 1 atom stereocenters. The molecular weight excluding hydrogens is 256 g/mol. The minimum absolute atomic E-state index is 0.0650. The molecule has 0 bridgehead atoms. The highest BCUT2D eigenvalue weighted by Gasteiger charge is 2.16. The average Bonchev–Trinajstić information content (AvgIpc) is 2.43. The molecule has 1 nitrogen and oxygen atoms in total. The Balaban J connectivity index is 2.15. The first-order valence-corrected chi connectivity index (χ1v) is 6.81. The minimum atomic E-state index is -0.506. The Hall–Kier alpha value is -1.74. The van der Waals surface area contributed by atoms with E-state index in [2.05, 4.69) is 19.2 Å². The van der Waals surface area contributed by atoms with Crippen LogP contribution in [0.25, 0.3) is 0 Å². The molecule has 0 fully saturated rings. The van der Waals surface area contributed by atoms with Crippen molar-refractivity contribution in [3.63, 3.8) is 0 Å². The molecule has 0 aliphatic carbocycles. The van der Waals surface area contributed by atoms with Gasteiger partial charge in [0.05, 0.1) is 0 Å². The van der Waals surface area contributed by atoms with Gasteiger partial charge in [0.1, 0.15) is 11.6 Å². The Morgan fingerprint density at radius 3 is 2.05 bits per heavy atom. The molecule has 0 aliphatic heterocycles. The van der Waals surface area contributed by atoms with Gasteiger partial charge in [-0.3, -0.25) is 0 Å². The highest BCUT2D eigenvalue weighted by Crippen LogP contribution is 2.22. The van der Waals surface area contributed by atoms with Crippen molar-refractivity contribution < 1.29 is 8.78 Å². The molecule has 0 aromatic heterocycles. The van der Waals surface area contributed by atoms with Crippen LogP contribution in [0.1, 0.15) is 31.0 Å². The van der Waals surface area contributed by atoms with Crippen LogP contribution >= 0.6 is 0 Å². The Kier molecular flexibility index (Phi) is 4.85. The van der Waals surface area contributed by atoms with Gasteiger partial charge in [-0.1, -0.05) is 50.2 Å². The van der Waals surface area contributed by atoms with Gasteiger partial charge in [0, 0.05) is 18.2 Å². The first-order chi connectivity index (χ1) is 9.59. The largest absolute Gasteiger partial charge is 0.305 e. The normalized spacial score (nSPS) is 12.7. The van der Waals surface area contributed by atoms with Crippen LogP contribution in [0.4, 0.5) is 8.78 Å². The Bertz CT molecular complexity index is 532. The second kappa shape index (κ2) is 6.62. The predicted molar refractivity (Wildman–Crippen MR) is 77.2 cm³/mol. The number of hydrogen-bond acceptors (Lipinski definition) is 1. The standard InChI is InChI=1S/C17H19F2N/c1-12(2)17(13-7-4-3-5-8-13)20-11-14-15(18)9-6-10-16(14)19/h3-10,12,17,20H,11H2,1-2H3. The second-order valence-corrected chi connectivity index (χ2v) is 5.21. The highest BCUT2D eigenvalue weighted by molar-refractivity contribution is 5.22. The third-order valence-corrected chi connectivity index (χ3v) is 3.39. The summed E-state index contributed by atoms with van der Waals surface area (Å²) in [5.74, 6) is -0.687. The molecule has 2 aromatic rings. The van der Waals surface area contributed by atoms with Crippen LogP contribution in [0.3, 0.4) is 0 Å². The van der Waals surface area contributed by atoms with E-state index >= 15 is 0 Å². The van der Waals surface area contributed by atoms with E-state index in [0.29, 0.717) is 5.92 Å². The molecule has 0 heterocycles. The predicted octanol–water partition coefficient (Wildman–Crippen LogP) is 4.45. The zero-order valence-corrected chi connectivity index (χ0v) is 11.7. The molecule has 2 rings (SSSR count). The maximum absolute atomic E-state index is 13.6. The van der Waals surface area contributed by atoms with Crippen LogP contribution in [0, 0.1) is 17.6 Å². The van der Waals surface area contributed by atoms with Crippen molar-refractivity contribution in [2.75, 3.05) is 0 Å². The van der Waals surface area contributed by atoms with Crippen molar-refractivity contribution in [1.82, 2.24) is 5.32 Å².